The summed E-state index contributed by atoms with van der Waals surface area (Å²) in [6.45, 7) is 5.85. The second kappa shape index (κ2) is 10.2. The molecule has 3 rings (SSSR count). The molecule has 2 atom stereocenters. The molecule has 0 aliphatic heterocycles. The summed E-state index contributed by atoms with van der Waals surface area (Å²) in [7, 11) is 0. The van der Waals surface area contributed by atoms with E-state index >= 15 is 0 Å². The summed E-state index contributed by atoms with van der Waals surface area (Å²) >= 11 is 0.887. The first-order chi connectivity index (χ1) is 15.2. The van der Waals surface area contributed by atoms with Crippen LogP contribution < -0.4 is 5.32 Å². The third-order valence-electron chi connectivity index (χ3n) is 5.08. The molecule has 2 aromatic carbocycles. The second-order valence-electron chi connectivity index (χ2n) is 7.47. The van der Waals surface area contributed by atoms with Crippen LogP contribution in [-0.2, 0) is 11.0 Å². The second-order valence-corrected chi connectivity index (χ2v) is 8.77. The first kappa shape index (κ1) is 23.8. The molecule has 1 heterocycles. The van der Waals surface area contributed by atoms with E-state index in [1.165, 1.54) is 5.56 Å². The van der Waals surface area contributed by atoms with Crippen molar-refractivity contribution in [3.8, 4) is 11.3 Å². The Kier molecular flexibility index (Phi) is 7.56. The molecular weight excluding hydrogens is 435 g/mol. The third-order valence-corrected chi connectivity index (χ3v) is 6.04. The molecule has 0 fully saturated rings. The molecule has 8 heteroatoms. The number of carbonyl (C=O) groups is 1. The van der Waals surface area contributed by atoms with Gasteiger partial charge in [0, 0.05) is 11.3 Å². The minimum atomic E-state index is -4.62. The predicted octanol–water partition coefficient (Wildman–Crippen LogP) is 6.80. The van der Waals surface area contributed by atoms with E-state index in [0.717, 1.165) is 24.2 Å². The highest BCUT2D eigenvalue weighted by molar-refractivity contribution is 8.00. The Bertz CT molecular complexity index is 1060. The number of rotatable bonds is 7. The molecule has 0 spiro atoms. The molecule has 0 aliphatic carbocycles. The highest BCUT2D eigenvalue weighted by atomic mass is 32.2. The average Bonchev–Trinajstić information content (AvgIpc) is 2.78. The van der Waals surface area contributed by atoms with Crippen molar-refractivity contribution >= 4 is 23.4 Å². The minimum absolute atomic E-state index is 0.103. The summed E-state index contributed by atoms with van der Waals surface area (Å²) in [5, 5.41) is 2.00. The van der Waals surface area contributed by atoms with E-state index in [4.69, 9.17) is 0 Å². The zero-order valence-corrected chi connectivity index (χ0v) is 18.8. The molecule has 3 aromatic rings. The Labute approximate surface area is 189 Å². The summed E-state index contributed by atoms with van der Waals surface area (Å²) in [6.07, 6.45) is -3.61. The topological polar surface area (TPSA) is 54.9 Å². The normalized spacial score (nSPS) is 13.4. The van der Waals surface area contributed by atoms with Crippen molar-refractivity contribution in [1.29, 1.82) is 0 Å². The number of carbonyl (C=O) groups excluding carboxylic acids is 1. The molecule has 168 valence electrons. The summed E-state index contributed by atoms with van der Waals surface area (Å²) < 4.78 is 40.1. The summed E-state index contributed by atoms with van der Waals surface area (Å²) in [6, 6.07) is 17.1. The number of anilines is 1. The van der Waals surface area contributed by atoms with Crippen LogP contribution in [0, 0.1) is 0 Å². The number of alkyl halides is 3. The number of thioether (sulfide) groups is 1. The lowest BCUT2D eigenvalue weighted by molar-refractivity contribution is -0.141. The van der Waals surface area contributed by atoms with Gasteiger partial charge in [0.05, 0.1) is 10.9 Å². The fourth-order valence-corrected chi connectivity index (χ4v) is 3.75. The van der Waals surface area contributed by atoms with Gasteiger partial charge in [-0.1, -0.05) is 68.1 Å². The lowest BCUT2D eigenvalue weighted by atomic mass is 9.99. The number of nitrogens with one attached hydrogen (secondary N) is 1. The van der Waals surface area contributed by atoms with E-state index in [2.05, 4.69) is 29.1 Å². The molecule has 0 saturated heterocycles. The Morgan fingerprint density at radius 2 is 1.69 bits per heavy atom. The number of amides is 1. The van der Waals surface area contributed by atoms with Crippen molar-refractivity contribution < 1.29 is 18.0 Å². The zero-order chi connectivity index (χ0) is 23.3. The molecule has 0 saturated carbocycles. The van der Waals surface area contributed by atoms with Crippen molar-refractivity contribution in [2.75, 3.05) is 5.32 Å². The molecule has 0 bridgehead atoms. The van der Waals surface area contributed by atoms with Gasteiger partial charge in [0.15, 0.2) is 5.16 Å². The standard InChI is InChI=1S/C24H24F3N3OS/c1-4-15(2)17-10-12-19(13-11-17)28-22(31)16(3)32-23-29-20(18-8-6-5-7-9-18)14-21(30-23)24(25,26)27/h5-16H,4H2,1-3H3,(H,28,31)/t15-,16+/m0/s1. The quantitative estimate of drug-likeness (QED) is 0.312. The van der Waals surface area contributed by atoms with Crippen LogP contribution in [0.15, 0.2) is 65.8 Å². The molecule has 1 amide bonds. The fourth-order valence-electron chi connectivity index (χ4n) is 2.97. The van der Waals surface area contributed by atoms with Crippen LogP contribution in [0.5, 0.6) is 0 Å². The van der Waals surface area contributed by atoms with Crippen molar-refractivity contribution in [2.24, 2.45) is 0 Å². The Balaban J connectivity index is 1.77. The van der Waals surface area contributed by atoms with Gasteiger partial charge < -0.3 is 5.32 Å². The van der Waals surface area contributed by atoms with Crippen LogP contribution in [-0.4, -0.2) is 21.1 Å². The maximum Gasteiger partial charge on any atom is 0.433 e. The zero-order valence-electron chi connectivity index (χ0n) is 18.0. The number of hydrogen-bond acceptors (Lipinski definition) is 4. The Morgan fingerprint density at radius 1 is 1.03 bits per heavy atom. The minimum Gasteiger partial charge on any atom is -0.325 e. The van der Waals surface area contributed by atoms with E-state index in [0.29, 0.717) is 17.2 Å². The van der Waals surface area contributed by atoms with Gasteiger partial charge in [-0.3, -0.25) is 4.79 Å². The van der Waals surface area contributed by atoms with Crippen molar-refractivity contribution in [1.82, 2.24) is 9.97 Å². The van der Waals surface area contributed by atoms with Gasteiger partial charge in [-0.25, -0.2) is 9.97 Å². The SMILES string of the molecule is CC[C@H](C)c1ccc(NC(=O)[C@@H](C)Sc2nc(-c3ccccc3)cc(C(F)(F)F)n2)cc1. The summed E-state index contributed by atoms with van der Waals surface area (Å²) in [4.78, 5) is 20.5. The molecule has 1 N–H and O–H groups in total. The number of benzene rings is 2. The monoisotopic (exact) mass is 459 g/mol. The highest BCUT2D eigenvalue weighted by Gasteiger charge is 2.34. The van der Waals surface area contributed by atoms with Gasteiger partial charge >= 0.3 is 6.18 Å². The van der Waals surface area contributed by atoms with Crippen LogP contribution in [0.1, 0.15) is 44.4 Å². The van der Waals surface area contributed by atoms with Crippen molar-refractivity contribution in [3.63, 3.8) is 0 Å². The van der Waals surface area contributed by atoms with E-state index in [-0.39, 0.29) is 16.8 Å². The number of halogens is 3. The maximum atomic E-state index is 13.4. The average molecular weight is 460 g/mol. The van der Waals surface area contributed by atoms with E-state index < -0.39 is 17.1 Å². The van der Waals surface area contributed by atoms with Crippen LogP contribution in [0.25, 0.3) is 11.3 Å². The van der Waals surface area contributed by atoms with Crippen LogP contribution in [0.4, 0.5) is 18.9 Å². The van der Waals surface area contributed by atoms with Crippen LogP contribution in [0.2, 0.25) is 0 Å². The van der Waals surface area contributed by atoms with E-state index in [1.54, 1.807) is 37.3 Å². The van der Waals surface area contributed by atoms with Gasteiger partial charge in [0.2, 0.25) is 5.91 Å². The summed E-state index contributed by atoms with van der Waals surface area (Å²) in [5.74, 6) is 0.0830. The first-order valence-electron chi connectivity index (χ1n) is 10.3. The lowest BCUT2D eigenvalue weighted by Gasteiger charge is -2.14. The van der Waals surface area contributed by atoms with E-state index in [1.807, 2.05) is 24.3 Å². The number of hydrogen-bond donors (Lipinski definition) is 1. The highest BCUT2D eigenvalue weighted by Crippen LogP contribution is 2.33. The molecule has 0 radical (unpaired) electrons. The van der Waals surface area contributed by atoms with Crippen molar-refractivity contribution in [2.45, 2.75) is 49.7 Å². The lowest BCUT2D eigenvalue weighted by Crippen LogP contribution is -2.23. The smallest absolute Gasteiger partial charge is 0.325 e. The van der Waals surface area contributed by atoms with Gasteiger partial charge in [-0.05, 0) is 43.0 Å². The number of nitrogens with zero attached hydrogens (tertiary/aromatic N) is 2. The molecule has 0 unspecified atom stereocenters. The summed E-state index contributed by atoms with van der Waals surface area (Å²) in [5.41, 5.74) is 1.47. The first-order valence-corrected chi connectivity index (χ1v) is 11.1. The van der Waals surface area contributed by atoms with Crippen LogP contribution in [0.3, 0.4) is 0 Å². The molecule has 32 heavy (non-hydrogen) atoms. The largest absolute Gasteiger partial charge is 0.433 e. The Morgan fingerprint density at radius 3 is 2.28 bits per heavy atom. The molecular formula is C24H24F3N3OS. The third kappa shape index (κ3) is 6.09. The maximum absolute atomic E-state index is 13.4. The van der Waals surface area contributed by atoms with Crippen molar-refractivity contribution in [3.05, 3.63) is 71.9 Å². The van der Waals surface area contributed by atoms with E-state index in [9.17, 15) is 18.0 Å². The molecule has 4 nitrogen and oxygen atoms in total. The van der Waals surface area contributed by atoms with Gasteiger partial charge in [-0.2, -0.15) is 13.2 Å². The van der Waals surface area contributed by atoms with Gasteiger partial charge in [0.1, 0.15) is 5.69 Å². The fraction of sp³-hybridized carbons (Fsp3) is 0.292. The Hall–Kier alpha value is -2.87. The molecule has 1 aromatic heterocycles. The van der Waals surface area contributed by atoms with Crippen LogP contribution >= 0.6 is 11.8 Å². The predicted molar refractivity (Wildman–Crippen MR) is 122 cm³/mol. The number of aromatic nitrogens is 2. The van der Waals surface area contributed by atoms with Gasteiger partial charge in [-0.15, -0.1) is 0 Å². The molecule has 0 aliphatic rings. The van der Waals surface area contributed by atoms with Gasteiger partial charge in [0.25, 0.3) is 0 Å².